The summed E-state index contributed by atoms with van der Waals surface area (Å²) >= 11 is 5.59. The highest BCUT2D eigenvalue weighted by Crippen LogP contribution is 2.22. The van der Waals surface area contributed by atoms with Gasteiger partial charge in [0.2, 0.25) is 11.2 Å². The smallest absolute Gasteiger partial charge is 0.223 e. The number of likely N-dealkylation sites (tertiary alicyclic amines) is 2. The van der Waals surface area contributed by atoms with Crippen molar-refractivity contribution in [2.24, 2.45) is 5.73 Å². The predicted octanol–water partition coefficient (Wildman–Crippen LogP) is 5.57. The van der Waals surface area contributed by atoms with Crippen molar-refractivity contribution < 1.29 is 9.47 Å². The minimum atomic E-state index is 0.253. The number of benzene rings is 2. The molecule has 2 aliphatic heterocycles. The van der Waals surface area contributed by atoms with Gasteiger partial charge in [-0.2, -0.15) is 0 Å². The first-order chi connectivity index (χ1) is 26.7. The van der Waals surface area contributed by atoms with E-state index < -0.39 is 0 Å². The molecular weight excluding hydrogens is 716 g/mol. The van der Waals surface area contributed by atoms with Gasteiger partial charge in [-0.3, -0.25) is 0 Å². The number of fused-ring (bicyclic) bond motifs is 2. The fraction of sp³-hybridized carbons (Fsp3) is 0.350. The van der Waals surface area contributed by atoms with E-state index in [4.69, 9.17) is 38.3 Å². The van der Waals surface area contributed by atoms with Crippen LogP contribution in [-0.4, -0.2) is 92.2 Å². The van der Waals surface area contributed by atoms with E-state index in [1.807, 2.05) is 42.5 Å². The van der Waals surface area contributed by atoms with Crippen molar-refractivity contribution in [1.29, 1.82) is 0 Å². The van der Waals surface area contributed by atoms with E-state index in [1.54, 1.807) is 37.2 Å². The molecule has 0 aliphatic carbocycles. The summed E-state index contributed by atoms with van der Waals surface area (Å²) in [5.74, 6) is 3.13. The summed E-state index contributed by atoms with van der Waals surface area (Å²) in [7, 11) is 4.27. The van der Waals surface area contributed by atoms with Crippen LogP contribution in [0.4, 0.5) is 17.6 Å². The summed E-state index contributed by atoms with van der Waals surface area (Å²) in [4.78, 5) is 29.2. The molecule has 0 bridgehead atoms. The third-order valence-corrected chi connectivity index (χ3v) is 9.76. The second-order valence-electron chi connectivity index (χ2n) is 13.7. The first-order valence-corrected chi connectivity index (χ1v) is 18.8. The Morgan fingerprint density at radius 2 is 1.11 bits per heavy atom. The molecule has 2 aromatic carbocycles. The average Bonchev–Trinajstić information content (AvgIpc) is 3.21. The van der Waals surface area contributed by atoms with Crippen molar-refractivity contribution in [3.63, 3.8) is 0 Å². The van der Waals surface area contributed by atoms with Gasteiger partial charge in [0, 0.05) is 62.4 Å². The number of nitrogens with two attached hydrogens (primary N) is 3. The SMILES string of the molecule is CN1CCC(Oc2cnc(Cl)nc2)CC1.CN1CCC(Oc2cnc(NCc3ccc4c(N)nccc4c3)nc2)CC1.NCc1ccc2c(N)nccc2c1. The molecule has 0 radical (unpaired) electrons. The lowest BCUT2D eigenvalue weighted by Gasteiger charge is -2.29. The number of hydrogen-bond donors (Lipinski definition) is 4. The van der Waals surface area contributed by atoms with E-state index >= 15 is 0 Å². The van der Waals surface area contributed by atoms with E-state index in [9.17, 15) is 0 Å². The second-order valence-corrected chi connectivity index (χ2v) is 14.1. The third kappa shape index (κ3) is 11.5. The number of nitrogens with one attached hydrogen (secondary N) is 1. The molecule has 14 nitrogen and oxygen atoms in total. The largest absolute Gasteiger partial charge is 0.487 e. The standard InChI is InChI=1S/C20H24N6O.C10H14ClN3O.C10H11N3/c1-26-8-5-16(6-9-26)27-17-12-24-20(25-13-17)23-11-14-2-3-18-15(10-14)4-7-22-19(18)21;1-14-4-2-8(3-5-14)15-9-6-12-10(11)13-7-9;11-6-7-1-2-9-8(5-7)3-4-13-10(9)12/h2-4,7,10,12-13,16H,5-6,8-9,11H2,1H3,(H2,21,22)(H,23,24,25);6-8H,2-5H2,1H3;1-5H,6,11H2,(H2,12,13). The fourth-order valence-corrected chi connectivity index (χ4v) is 6.44. The summed E-state index contributed by atoms with van der Waals surface area (Å²) in [6.45, 7) is 5.49. The first kappa shape index (κ1) is 39.3. The molecule has 6 aromatic rings. The van der Waals surface area contributed by atoms with Gasteiger partial charge in [0.25, 0.3) is 0 Å². The fourth-order valence-electron chi connectivity index (χ4n) is 6.34. The summed E-state index contributed by atoms with van der Waals surface area (Å²) in [5.41, 5.74) is 19.4. The molecule has 15 heteroatoms. The van der Waals surface area contributed by atoms with Crippen LogP contribution < -0.4 is 32.0 Å². The minimum absolute atomic E-state index is 0.253. The van der Waals surface area contributed by atoms with Gasteiger partial charge < -0.3 is 41.8 Å². The van der Waals surface area contributed by atoms with Crippen LogP contribution in [0.3, 0.4) is 0 Å². The van der Waals surface area contributed by atoms with Gasteiger partial charge in [0.1, 0.15) is 23.8 Å². The van der Waals surface area contributed by atoms with Crippen LogP contribution in [0.2, 0.25) is 5.28 Å². The van der Waals surface area contributed by atoms with Crippen LogP contribution in [0.1, 0.15) is 36.8 Å². The Bertz CT molecular complexity index is 2110. The molecule has 0 spiro atoms. The van der Waals surface area contributed by atoms with Crippen molar-refractivity contribution in [2.75, 3.05) is 57.1 Å². The van der Waals surface area contributed by atoms with E-state index in [0.717, 1.165) is 90.3 Å². The van der Waals surface area contributed by atoms with E-state index in [0.29, 0.717) is 36.4 Å². The molecule has 0 saturated carbocycles. The number of nitrogens with zero attached hydrogens (tertiary/aromatic N) is 8. The van der Waals surface area contributed by atoms with Gasteiger partial charge in [-0.15, -0.1) is 0 Å². The second kappa shape index (κ2) is 19.3. The summed E-state index contributed by atoms with van der Waals surface area (Å²) in [6.07, 6.45) is 14.9. The van der Waals surface area contributed by atoms with Crippen molar-refractivity contribution in [3.05, 3.63) is 102 Å². The van der Waals surface area contributed by atoms with E-state index in [-0.39, 0.29) is 17.5 Å². The highest BCUT2D eigenvalue weighted by molar-refractivity contribution is 6.28. The Balaban J connectivity index is 0.000000155. The number of rotatable bonds is 8. The molecule has 0 amide bonds. The molecule has 6 heterocycles. The Kier molecular flexibility index (Phi) is 13.8. The van der Waals surface area contributed by atoms with Crippen LogP contribution >= 0.6 is 11.6 Å². The zero-order chi connectivity index (χ0) is 38.6. The Hall–Kier alpha value is -5.41. The Morgan fingerprint density at radius 3 is 1.60 bits per heavy atom. The van der Waals surface area contributed by atoms with Crippen LogP contribution in [0.15, 0.2) is 85.7 Å². The van der Waals surface area contributed by atoms with Gasteiger partial charge in [-0.05, 0) is 97.5 Å². The molecular formula is C40H49ClN12O2. The molecule has 8 rings (SSSR count). The van der Waals surface area contributed by atoms with Crippen molar-refractivity contribution in [2.45, 2.75) is 51.0 Å². The molecule has 0 atom stereocenters. The zero-order valence-corrected chi connectivity index (χ0v) is 32.1. The zero-order valence-electron chi connectivity index (χ0n) is 31.3. The summed E-state index contributed by atoms with van der Waals surface area (Å²) in [6, 6.07) is 16.0. The number of anilines is 3. The van der Waals surface area contributed by atoms with Crippen LogP contribution in [0, 0.1) is 0 Å². The van der Waals surface area contributed by atoms with Crippen LogP contribution in [-0.2, 0) is 13.1 Å². The number of aromatic nitrogens is 6. The molecule has 2 saturated heterocycles. The molecule has 2 aliphatic rings. The van der Waals surface area contributed by atoms with Gasteiger partial charge >= 0.3 is 0 Å². The summed E-state index contributed by atoms with van der Waals surface area (Å²) < 4.78 is 11.7. The average molecular weight is 765 g/mol. The van der Waals surface area contributed by atoms with E-state index in [1.165, 1.54) is 0 Å². The quantitative estimate of drug-likeness (QED) is 0.141. The molecule has 288 valence electrons. The lowest BCUT2D eigenvalue weighted by molar-refractivity contribution is 0.113. The molecule has 55 heavy (non-hydrogen) atoms. The maximum absolute atomic E-state index is 5.98. The van der Waals surface area contributed by atoms with Crippen molar-refractivity contribution in [1.82, 2.24) is 39.7 Å². The maximum Gasteiger partial charge on any atom is 0.223 e. The van der Waals surface area contributed by atoms with Crippen LogP contribution in [0.5, 0.6) is 11.5 Å². The van der Waals surface area contributed by atoms with Gasteiger partial charge in [0.15, 0.2) is 11.5 Å². The highest BCUT2D eigenvalue weighted by Gasteiger charge is 2.19. The lowest BCUT2D eigenvalue weighted by atomic mass is 10.1. The molecule has 4 aromatic heterocycles. The number of nitrogen functional groups attached to an aromatic ring is 2. The normalized spacial score (nSPS) is 15.4. The number of ether oxygens (including phenoxy) is 2. The number of halogens is 1. The number of pyridine rings is 2. The van der Waals surface area contributed by atoms with Gasteiger partial charge in [-0.1, -0.05) is 24.3 Å². The van der Waals surface area contributed by atoms with Crippen molar-refractivity contribution >= 4 is 50.7 Å². The maximum atomic E-state index is 5.98. The topological polar surface area (TPSA) is 192 Å². The summed E-state index contributed by atoms with van der Waals surface area (Å²) in [5, 5.41) is 7.62. The first-order valence-electron chi connectivity index (χ1n) is 18.4. The number of hydrogen-bond acceptors (Lipinski definition) is 14. The van der Waals surface area contributed by atoms with Gasteiger partial charge in [0.05, 0.1) is 24.8 Å². The Morgan fingerprint density at radius 1 is 0.655 bits per heavy atom. The van der Waals surface area contributed by atoms with Crippen molar-refractivity contribution in [3.8, 4) is 11.5 Å². The van der Waals surface area contributed by atoms with E-state index in [2.05, 4.69) is 65.2 Å². The molecule has 0 unspecified atom stereocenters. The van der Waals surface area contributed by atoms with Gasteiger partial charge in [-0.25, -0.2) is 29.9 Å². The molecule has 7 N–H and O–H groups in total. The lowest BCUT2D eigenvalue weighted by Crippen LogP contribution is -2.35. The minimum Gasteiger partial charge on any atom is -0.487 e. The van der Waals surface area contributed by atoms with Crippen LogP contribution in [0.25, 0.3) is 21.5 Å². The molecule has 2 fully saturated rings. The Labute approximate surface area is 326 Å². The monoisotopic (exact) mass is 764 g/mol. The predicted molar refractivity (Wildman–Crippen MR) is 219 cm³/mol. The number of piperidine rings is 2. The highest BCUT2D eigenvalue weighted by atomic mass is 35.5. The third-order valence-electron chi connectivity index (χ3n) is 9.57.